The SMILES string of the molecule is CCCCCCc1ccc(OC(=O)c2ccc(-c3ccc(OCCCCC)cc3)cc2)cc1. The van der Waals surface area contributed by atoms with Gasteiger partial charge >= 0.3 is 5.97 Å². The average Bonchev–Trinajstić information content (AvgIpc) is 2.86. The summed E-state index contributed by atoms with van der Waals surface area (Å²) in [6.45, 7) is 5.16. The highest BCUT2D eigenvalue weighted by molar-refractivity contribution is 5.91. The number of carbonyl (C=O) groups excluding carboxylic acids is 1. The Morgan fingerprint density at radius 3 is 1.85 bits per heavy atom. The largest absolute Gasteiger partial charge is 0.494 e. The van der Waals surface area contributed by atoms with E-state index in [0.29, 0.717) is 11.3 Å². The molecule has 0 unspecified atom stereocenters. The maximum atomic E-state index is 12.5. The van der Waals surface area contributed by atoms with Gasteiger partial charge in [0.05, 0.1) is 12.2 Å². The minimum Gasteiger partial charge on any atom is -0.494 e. The predicted molar refractivity (Wildman–Crippen MR) is 136 cm³/mol. The number of hydrogen-bond acceptors (Lipinski definition) is 3. The maximum absolute atomic E-state index is 12.5. The fourth-order valence-corrected chi connectivity index (χ4v) is 3.73. The monoisotopic (exact) mass is 444 g/mol. The van der Waals surface area contributed by atoms with Crippen molar-refractivity contribution >= 4 is 5.97 Å². The van der Waals surface area contributed by atoms with Crippen molar-refractivity contribution in [3.8, 4) is 22.6 Å². The van der Waals surface area contributed by atoms with Crippen molar-refractivity contribution in [3.63, 3.8) is 0 Å². The van der Waals surface area contributed by atoms with Gasteiger partial charge in [0.2, 0.25) is 0 Å². The molecular formula is C30H36O3. The third kappa shape index (κ3) is 8.09. The fraction of sp³-hybridized carbons (Fsp3) is 0.367. The molecule has 0 saturated heterocycles. The first-order chi connectivity index (χ1) is 16.2. The van der Waals surface area contributed by atoms with E-state index in [4.69, 9.17) is 9.47 Å². The molecule has 0 heterocycles. The number of esters is 1. The molecule has 0 aromatic heterocycles. The molecule has 0 amide bonds. The lowest BCUT2D eigenvalue weighted by Crippen LogP contribution is -2.08. The molecule has 0 bridgehead atoms. The average molecular weight is 445 g/mol. The molecule has 0 atom stereocenters. The van der Waals surface area contributed by atoms with Gasteiger partial charge in [0.25, 0.3) is 0 Å². The van der Waals surface area contributed by atoms with Gasteiger partial charge in [-0.1, -0.05) is 82.3 Å². The quantitative estimate of drug-likeness (QED) is 0.151. The van der Waals surface area contributed by atoms with E-state index in [2.05, 4.69) is 26.0 Å². The standard InChI is InChI=1S/C30H36O3/c1-3-5-7-8-10-24-11-19-29(20-12-24)33-30(31)27-15-13-25(14-16-27)26-17-21-28(22-18-26)32-23-9-6-4-2/h11-22H,3-10,23H2,1-2H3. The Kier molecular flexibility index (Phi) is 10.0. The minimum absolute atomic E-state index is 0.340. The first kappa shape index (κ1) is 24.6. The van der Waals surface area contributed by atoms with Crippen LogP contribution in [0.5, 0.6) is 11.5 Å². The lowest BCUT2D eigenvalue weighted by Gasteiger charge is -2.08. The molecule has 0 aliphatic rings. The van der Waals surface area contributed by atoms with E-state index in [-0.39, 0.29) is 5.97 Å². The first-order valence-corrected chi connectivity index (χ1v) is 12.3. The van der Waals surface area contributed by atoms with Crippen molar-refractivity contribution in [1.82, 2.24) is 0 Å². The molecule has 3 heteroatoms. The Bertz CT molecular complexity index is 957. The van der Waals surface area contributed by atoms with Gasteiger partial charge in [-0.05, 0) is 72.4 Å². The zero-order valence-electron chi connectivity index (χ0n) is 20.0. The van der Waals surface area contributed by atoms with Crippen LogP contribution in [0, 0.1) is 0 Å². The molecule has 0 spiro atoms. The van der Waals surface area contributed by atoms with E-state index in [9.17, 15) is 4.79 Å². The topological polar surface area (TPSA) is 35.5 Å². The maximum Gasteiger partial charge on any atom is 0.343 e. The molecule has 0 radical (unpaired) electrons. The third-order valence-corrected chi connectivity index (χ3v) is 5.78. The molecule has 0 saturated carbocycles. The van der Waals surface area contributed by atoms with Gasteiger partial charge in [-0.25, -0.2) is 4.79 Å². The molecule has 3 aromatic rings. The Hall–Kier alpha value is -3.07. The van der Waals surface area contributed by atoms with Crippen molar-refractivity contribution in [2.75, 3.05) is 6.61 Å². The summed E-state index contributed by atoms with van der Waals surface area (Å²) >= 11 is 0. The summed E-state index contributed by atoms with van der Waals surface area (Å²) in [5.41, 5.74) is 3.97. The number of rotatable bonds is 13. The highest BCUT2D eigenvalue weighted by atomic mass is 16.5. The van der Waals surface area contributed by atoms with Gasteiger partial charge in [-0.2, -0.15) is 0 Å². The smallest absolute Gasteiger partial charge is 0.343 e. The summed E-state index contributed by atoms with van der Waals surface area (Å²) in [5.74, 6) is 1.13. The second-order valence-electron chi connectivity index (χ2n) is 8.50. The number of carbonyl (C=O) groups is 1. The van der Waals surface area contributed by atoms with Crippen LogP contribution in [0.1, 0.15) is 74.7 Å². The molecular weight excluding hydrogens is 408 g/mol. The van der Waals surface area contributed by atoms with Crippen LogP contribution in [-0.4, -0.2) is 12.6 Å². The normalized spacial score (nSPS) is 10.7. The Morgan fingerprint density at radius 1 is 0.636 bits per heavy atom. The van der Waals surface area contributed by atoms with Crippen LogP contribution in [0.15, 0.2) is 72.8 Å². The van der Waals surface area contributed by atoms with Crippen LogP contribution in [0.4, 0.5) is 0 Å². The van der Waals surface area contributed by atoms with Crippen LogP contribution >= 0.6 is 0 Å². The fourth-order valence-electron chi connectivity index (χ4n) is 3.73. The molecule has 3 rings (SSSR count). The number of ether oxygens (including phenoxy) is 2. The van der Waals surface area contributed by atoms with Gasteiger partial charge in [0.1, 0.15) is 11.5 Å². The number of benzene rings is 3. The van der Waals surface area contributed by atoms with Gasteiger partial charge in [-0.15, -0.1) is 0 Å². The summed E-state index contributed by atoms with van der Waals surface area (Å²) in [5, 5.41) is 0. The molecule has 0 aliphatic heterocycles. The summed E-state index contributed by atoms with van der Waals surface area (Å²) in [6.07, 6.45) is 9.53. The minimum atomic E-state index is -0.340. The van der Waals surface area contributed by atoms with E-state index in [1.165, 1.54) is 44.1 Å². The summed E-state index contributed by atoms with van der Waals surface area (Å²) in [4.78, 5) is 12.5. The number of hydrogen-bond donors (Lipinski definition) is 0. The summed E-state index contributed by atoms with van der Waals surface area (Å²) in [7, 11) is 0. The molecule has 33 heavy (non-hydrogen) atoms. The van der Waals surface area contributed by atoms with Crippen molar-refractivity contribution in [1.29, 1.82) is 0 Å². The van der Waals surface area contributed by atoms with Gasteiger partial charge in [-0.3, -0.25) is 0 Å². The van der Waals surface area contributed by atoms with E-state index >= 15 is 0 Å². The predicted octanol–water partition coefficient (Wildman–Crippen LogP) is 8.26. The van der Waals surface area contributed by atoms with E-state index in [0.717, 1.165) is 36.3 Å². The van der Waals surface area contributed by atoms with Crippen LogP contribution in [-0.2, 0) is 6.42 Å². The molecule has 3 aromatic carbocycles. The Labute approximate surface area is 198 Å². The lowest BCUT2D eigenvalue weighted by atomic mass is 10.0. The third-order valence-electron chi connectivity index (χ3n) is 5.78. The number of unbranched alkanes of at least 4 members (excludes halogenated alkanes) is 5. The molecule has 0 aliphatic carbocycles. The van der Waals surface area contributed by atoms with Crippen LogP contribution in [0.3, 0.4) is 0 Å². The summed E-state index contributed by atoms with van der Waals surface area (Å²) < 4.78 is 11.3. The van der Waals surface area contributed by atoms with E-state index in [1.807, 2.05) is 60.7 Å². The summed E-state index contributed by atoms with van der Waals surface area (Å²) in [6, 6.07) is 23.5. The van der Waals surface area contributed by atoms with Crippen LogP contribution < -0.4 is 9.47 Å². The highest BCUT2D eigenvalue weighted by Crippen LogP contribution is 2.24. The Morgan fingerprint density at radius 2 is 1.21 bits per heavy atom. The second kappa shape index (κ2) is 13.5. The van der Waals surface area contributed by atoms with Gasteiger partial charge in [0, 0.05) is 0 Å². The Balaban J connectivity index is 1.51. The van der Waals surface area contributed by atoms with Crippen LogP contribution in [0.2, 0.25) is 0 Å². The van der Waals surface area contributed by atoms with Crippen molar-refractivity contribution in [3.05, 3.63) is 83.9 Å². The first-order valence-electron chi connectivity index (χ1n) is 12.3. The zero-order chi connectivity index (χ0) is 23.3. The van der Waals surface area contributed by atoms with E-state index in [1.54, 1.807) is 0 Å². The van der Waals surface area contributed by atoms with Crippen LogP contribution in [0.25, 0.3) is 11.1 Å². The van der Waals surface area contributed by atoms with Gasteiger partial charge in [0.15, 0.2) is 0 Å². The van der Waals surface area contributed by atoms with E-state index < -0.39 is 0 Å². The second-order valence-corrected chi connectivity index (χ2v) is 8.50. The number of aryl methyl sites for hydroxylation is 1. The zero-order valence-corrected chi connectivity index (χ0v) is 20.0. The molecule has 0 N–H and O–H groups in total. The molecule has 0 fully saturated rings. The highest BCUT2D eigenvalue weighted by Gasteiger charge is 2.09. The molecule has 174 valence electrons. The molecule has 3 nitrogen and oxygen atoms in total. The lowest BCUT2D eigenvalue weighted by molar-refractivity contribution is 0.0734. The van der Waals surface area contributed by atoms with Gasteiger partial charge < -0.3 is 9.47 Å². The van der Waals surface area contributed by atoms with Crippen molar-refractivity contribution < 1.29 is 14.3 Å². The van der Waals surface area contributed by atoms with Crippen molar-refractivity contribution in [2.24, 2.45) is 0 Å². The van der Waals surface area contributed by atoms with Crippen molar-refractivity contribution in [2.45, 2.75) is 65.2 Å².